The highest BCUT2D eigenvalue weighted by atomic mass is 16.6. The van der Waals surface area contributed by atoms with Crippen molar-refractivity contribution in [1.82, 2.24) is 9.78 Å². The van der Waals surface area contributed by atoms with E-state index in [4.69, 9.17) is 10.5 Å². The first-order valence-corrected chi connectivity index (χ1v) is 5.79. The van der Waals surface area contributed by atoms with Crippen molar-refractivity contribution in [2.24, 2.45) is 0 Å². The van der Waals surface area contributed by atoms with E-state index in [2.05, 4.69) is 5.10 Å². The summed E-state index contributed by atoms with van der Waals surface area (Å²) in [4.78, 5) is 12.0. The Kier molecular flexibility index (Phi) is 3.80. The number of nitrogens with zero attached hydrogens (tertiary/aromatic N) is 2. The first kappa shape index (κ1) is 13.5. The van der Waals surface area contributed by atoms with Gasteiger partial charge in [0, 0.05) is 11.8 Å². The number of esters is 1. The maximum absolute atomic E-state index is 12.0. The molecular weight excluding hydrogens is 218 g/mol. The van der Waals surface area contributed by atoms with Crippen LogP contribution in [0, 0.1) is 6.92 Å². The van der Waals surface area contributed by atoms with Gasteiger partial charge in [-0.05, 0) is 34.1 Å². The van der Waals surface area contributed by atoms with Crippen molar-refractivity contribution < 1.29 is 9.53 Å². The van der Waals surface area contributed by atoms with Crippen molar-refractivity contribution in [3.8, 4) is 0 Å². The van der Waals surface area contributed by atoms with Gasteiger partial charge in [-0.15, -0.1) is 0 Å². The molecule has 96 valence electrons. The van der Waals surface area contributed by atoms with Crippen molar-refractivity contribution in [3.63, 3.8) is 0 Å². The fourth-order valence-corrected chi connectivity index (χ4v) is 1.64. The van der Waals surface area contributed by atoms with E-state index >= 15 is 0 Å². The molecular formula is C12H21N3O2. The van der Waals surface area contributed by atoms with Crippen LogP contribution < -0.4 is 5.73 Å². The van der Waals surface area contributed by atoms with E-state index in [0.29, 0.717) is 12.2 Å². The second kappa shape index (κ2) is 4.77. The number of ether oxygens (including phenoxy) is 1. The van der Waals surface area contributed by atoms with Gasteiger partial charge in [0.1, 0.15) is 17.5 Å². The summed E-state index contributed by atoms with van der Waals surface area (Å²) in [5.74, 6) is 0.149. The van der Waals surface area contributed by atoms with Gasteiger partial charge >= 0.3 is 5.97 Å². The van der Waals surface area contributed by atoms with E-state index in [1.807, 2.05) is 34.6 Å². The molecule has 1 atom stereocenters. The Morgan fingerprint density at radius 3 is 2.53 bits per heavy atom. The van der Waals surface area contributed by atoms with Crippen LogP contribution in [0.1, 0.15) is 45.9 Å². The number of nitrogens with two attached hydrogens (primary N) is 1. The van der Waals surface area contributed by atoms with Crippen LogP contribution in [0.3, 0.4) is 0 Å². The van der Waals surface area contributed by atoms with Crippen LogP contribution in [-0.4, -0.2) is 21.4 Å². The fraction of sp³-hybridized carbons (Fsp3) is 0.667. The summed E-state index contributed by atoms with van der Waals surface area (Å²) in [6.45, 7) is 9.34. The molecule has 0 aliphatic heterocycles. The SMILES string of the molecule is CC[C@@H](C(=O)OC(C)(C)C)n1nc(N)cc1C. The summed E-state index contributed by atoms with van der Waals surface area (Å²) >= 11 is 0. The molecule has 1 rings (SSSR count). The standard InChI is InChI=1S/C12H21N3O2/c1-6-9(11(16)17-12(3,4)5)15-8(2)7-10(13)14-15/h7,9H,6H2,1-5H3,(H2,13,14)/t9-/m0/s1. The molecule has 0 radical (unpaired) electrons. The van der Waals surface area contributed by atoms with Crippen molar-refractivity contribution in [1.29, 1.82) is 0 Å². The highest BCUT2D eigenvalue weighted by Gasteiger charge is 2.26. The number of carbonyl (C=O) groups excluding carboxylic acids is 1. The van der Waals surface area contributed by atoms with E-state index in [9.17, 15) is 4.79 Å². The summed E-state index contributed by atoms with van der Waals surface area (Å²) in [5, 5.41) is 4.13. The van der Waals surface area contributed by atoms with Gasteiger partial charge in [0.15, 0.2) is 0 Å². The minimum absolute atomic E-state index is 0.272. The molecule has 1 aromatic rings. The number of aromatic nitrogens is 2. The van der Waals surface area contributed by atoms with Gasteiger partial charge in [-0.3, -0.25) is 4.68 Å². The predicted octanol–water partition coefficient (Wildman–Crippen LogP) is 2.07. The van der Waals surface area contributed by atoms with E-state index in [0.717, 1.165) is 5.69 Å². The number of anilines is 1. The highest BCUT2D eigenvalue weighted by molar-refractivity contribution is 5.74. The summed E-state index contributed by atoms with van der Waals surface area (Å²) in [6, 6.07) is 1.33. The van der Waals surface area contributed by atoms with Crippen LogP contribution in [0.5, 0.6) is 0 Å². The smallest absolute Gasteiger partial charge is 0.331 e. The number of carbonyl (C=O) groups is 1. The van der Waals surface area contributed by atoms with Gasteiger partial charge in [0.05, 0.1) is 0 Å². The number of rotatable bonds is 3. The first-order valence-electron chi connectivity index (χ1n) is 5.79. The zero-order valence-electron chi connectivity index (χ0n) is 11.2. The quantitative estimate of drug-likeness (QED) is 0.820. The van der Waals surface area contributed by atoms with Crippen LogP contribution in [0.2, 0.25) is 0 Å². The maximum Gasteiger partial charge on any atom is 0.331 e. The van der Waals surface area contributed by atoms with Crippen LogP contribution in [0.25, 0.3) is 0 Å². The minimum atomic E-state index is -0.489. The van der Waals surface area contributed by atoms with E-state index < -0.39 is 11.6 Å². The van der Waals surface area contributed by atoms with Gasteiger partial charge in [-0.1, -0.05) is 6.92 Å². The molecule has 2 N–H and O–H groups in total. The van der Waals surface area contributed by atoms with E-state index in [1.54, 1.807) is 10.7 Å². The lowest BCUT2D eigenvalue weighted by Gasteiger charge is -2.24. The molecule has 17 heavy (non-hydrogen) atoms. The summed E-state index contributed by atoms with van der Waals surface area (Å²) in [6.07, 6.45) is 0.622. The number of hydrogen-bond donors (Lipinski definition) is 1. The van der Waals surface area contributed by atoms with Gasteiger partial charge in [-0.25, -0.2) is 4.79 Å². The van der Waals surface area contributed by atoms with Crippen molar-refractivity contribution in [3.05, 3.63) is 11.8 Å². The van der Waals surface area contributed by atoms with Crippen molar-refractivity contribution >= 4 is 11.8 Å². The predicted molar refractivity (Wildman–Crippen MR) is 66.5 cm³/mol. The van der Waals surface area contributed by atoms with Crippen LogP contribution in [0.4, 0.5) is 5.82 Å². The summed E-state index contributed by atoms with van der Waals surface area (Å²) in [7, 11) is 0. The molecule has 0 saturated heterocycles. The Labute approximate surface area is 102 Å². The fourth-order valence-electron chi connectivity index (χ4n) is 1.64. The Hall–Kier alpha value is -1.52. The molecule has 5 heteroatoms. The average molecular weight is 239 g/mol. The van der Waals surface area contributed by atoms with Gasteiger partial charge in [0.2, 0.25) is 0 Å². The zero-order chi connectivity index (χ0) is 13.2. The molecule has 0 saturated carbocycles. The largest absolute Gasteiger partial charge is 0.458 e. The monoisotopic (exact) mass is 239 g/mol. The van der Waals surface area contributed by atoms with Crippen LogP contribution in [0.15, 0.2) is 6.07 Å². The molecule has 0 unspecified atom stereocenters. The zero-order valence-corrected chi connectivity index (χ0v) is 11.2. The number of nitrogen functional groups attached to an aromatic ring is 1. The third-order valence-electron chi connectivity index (χ3n) is 2.30. The highest BCUT2D eigenvalue weighted by Crippen LogP contribution is 2.20. The molecule has 0 spiro atoms. The third kappa shape index (κ3) is 3.47. The lowest BCUT2D eigenvalue weighted by Crippen LogP contribution is -2.31. The summed E-state index contributed by atoms with van der Waals surface area (Å²) in [5.41, 5.74) is 5.99. The van der Waals surface area contributed by atoms with Crippen molar-refractivity contribution in [2.45, 2.75) is 52.7 Å². The Balaban J connectivity index is 2.92. The molecule has 0 aliphatic carbocycles. The van der Waals surface area contributed by atoms with Gasteiger partial charge in [-0.2, -0.15) is 5.10 Å². The summed E-state index contributed by atoms with van der Waals surface area (Å²) < 4.78 is 7.00. The Morgan fingerprint density at radius 2 is 2.18 bits per heavy atom. The Bertz CT molecular complexity index is 404. The number of hydrogen-bond acceptors (Lipinski definition) is 4. The first-order chi connectivity index (χ1) is 7.74. The molecule has 0 aliphatic rings. The number of aryl methyl sites for hydroxylation is 1. The van der Waals surface area contributed by atoms with Crippen LogP contribution in [-0.2, 0) is 9.53 Å². The van der Waals surface area contributed by atoms with Crippen LogP contribution >= 0.6 is 0 Å². The average Bonchev–Trinajstić information content (AvgIpc) is 2.43. The maximum atomic E-state index is 12.0. The molecule has 0 fully saturated rings. The topological polar surface area (TPSA) is 70.1 Å². The second-order valence-corrected chi connectivity index (χ2v) is 5.11. The molecule has 1 aromatic heterocycles. The third-order valence-corrected chi connectivity index (χ3v) is 2.30. The minimum Gasteiger partial charge on any atom is -0.458 e. The molecule has 0 aromatic carbocycles. The van der Waals surface area contributed by atoms with E-state index in [-0.39, 0.29) is 5.97 Å². The second-order valence-electron chi connectivity index (χ2n) is 5.11. The lowest BCUT2D eigenvalue weighted by molar-refractivity contribution is -0.159. The molecule has 1 heterocycles. The van der Waals surface area contributed by atoms with Gasteiger partial charge in [0.25, 0.3) is 0 Å². The Morgan fingerprint density at radius 1 is 1.59 bits per heavy atom. The van der Waals surface area contributed by atoms with E-state index in [1.165, 1.54) is 0 Å². The molecule has 0 bridgehead atoms. The molecule has 0 amide bonds. The normalized spacial score (nSPS) is 13.5. The lowest BCUT2D eigenvalue weighted by atomic mass is 10.1. The molecule has 5 nitrogen and oxygen atoms in total. The van der Waals surface area contributed by atoms with Gasteiger partial charge < -0.3 is 10.5 Å². The van der Waals surface area contributed by atoms with Crippen molar-refractivity contribution in [2.75, 3.05) is 5.73 Å².